The van der Waals surface area contributed by atoms with Crippen LogP contribution >= 0.6 is 0 Å². The maximum Gasteiger partial charge on any atom is 0.310 e. The molecular weight excluding hydrogens is 306 g/mol. The van der Waals surface area contributed by atoms with Gasteiger partial charge in [0.15, 0.2) is 0 Å². The van der Waals surface area contributed by atoms with E-state index in [1.165, 1.54) is 0 Å². The standard InChI is InChI=1S/C17H29N5O2/c1-4-17(5-2,15(23)24)13-18-10-14-11-19-16(20-12-14)22-8-6-21(3)7-9-22/h11-12,18H,4-10,13H2,1-3H3,(H,23,24). The van der Waals surface area contributed by atoms with Gasteiger partial charge in [-0.25, -0.2) is 9.97 Å². The van der Waals surface area contributed by atoms with E-state index in [0.29, 0.717) is 25.9 Å². The van der Waals surface area contributed by atoms with Gasteiger partial charge in [-0.3, -0.25) is 4.79 Å². The smallest absolute Gasteiger partial charge is 0.310 e. The molecule has 0 amide bonds. The molecule has 7 heteroatoms. The molecule has 0 aromatic carbocycles. The summed E-state index contributed by atoms with van der Waals surface area (Å²) in [7, 11) is 2.12. The van der Waals surface area contributed by atoms with E-state index in [4.69, 9.17) is 0 Å². The molecule has 1 saturated heterocycles. The summed E-state index contributed by atoms with van der Waals surface area (Å²) in [6, 6.07) is 0. The molecule has 0 bridgehead atoms. The number of carboxylic acids is 1. The van der Waals surface area contributed by atoms with Crippen LogP contribution in [0.25, 0.3) is 0 Å². The highest BCUT2D eigenvalue weighted by Crippen LogP contribution is 2.25. The lowest BCUT2D eigenvalue weighted by molar-refractivity contribution is -0.149. The van der Waals surface area contributed by atoms with Gasteiger partial charge in [-0.1, -0.05) is 13.8 Å². The van der Waals surface area contributed by atoms with Gasteiger partial charge in [0.1, 0.15) is 0 Å². The number of aliphatic carboxylic acids is 1. The first-order chi connectivity index (χ1) is 11.5. The predicted molar refractivity (Wildman–Crippen MR) is 94.1 cm³/mol. The van der Waals surface area contributed by atoms with Gasteiger partial charge in [-0.05, 0) is 19.9 Å². The van der Waals surface area contributed by atoms with Gasteiger partial charge in [0.25, 0.3) is 0 Å². The van der Waals surface area contributed by atoms with E-state index >= 15 is 0 Å². The first kappa shape index (κ1) is 18.6. The summed E-state index contributed by atoms with van der Waals surface area (Å²) in [6.45, 7) is 8.83. The van der Waals surface area contributed by atoms with Crippen LogP contribution < -0.4 is 10.2 Å². The van der Waals surface area contributed by atoms with Gasteiger partial charge in [0.05, 0.1) is 5.41 Å². The SMILES string of the molecule is CCC(CC)(CNCc1cnc(N2CCN(C)CC2)nc1)C(=O)O. The Morgan fingerprint density at radius 3 is 2.29 bits per heavy atom. The van der Waals surface area contributed by atoms with Crippen molar-refractivity contribution in [3.8, 4) is 0 Å². The highest BCUT2D eigenvalue weighted by Gasteiger charge is 2.34. The molecule has 0 unspecified atom stereocenters. The number of hydrogen-bond donors (Lipinski definition) is 2. The van der Waals surface area contributed by atoms with Crippen molar-refractivity contribution in [2.75, 3.05) is 44.7 Å². The number of likely N-dealkylation sites (N-methyl/N-ethyl adjacent to an activating group) is 1. The van der Waals surface area contributed by atoms with Crippen LogP contribution in [0.5, 0.6) is 0 Å². The van der Waals surface area contributed by atoms with E-state index in [9.17, 15) is 9.90 Å². The maximum absolute atomic E-state index is 11.5. The minimum atomic E-state index is -0.735. The minimum Gasteiger partial charge on any atom is -0.481 e. The summed E-state index contributed by atoms with van der Waals surface area (Å²) in [5, 5.41) is 12.7. The number of carbonyl (C=O) groups is 1. The van der Waals surface area contributed by atoms with Crippen molar-refractivity contribution in [2.45, 2.75) is 33.2 Å². The summed E-state index contributed by atoms with van der Waals surface area (Å²) >= 11 is 0. The Hall–Kier alpha value is -1.73. The van der Waals surface area contributed by atoms with Crippen LogP contribution in [0.15, 0.2) is 12.4 Å². The lowest BCUT2D eigenvalue weighted by Crippen LogP contribution is -2.45. The summed E-state index contributed by atoms with van der Waals surface area (Å²) < 4.78 is 0. The molecule has 1 aliphatic rings. The van der Waals surface area contributed by atoms with Gasteiger partial charge < -0.3 is 20.2 Å². The number of rotatable bonds is 8. The number of aromatic nitrogens is 2. The Bertz CT molecular complexity index is 522. The van der Waals surface area contributed by atoms with Crippen LogP contribution in [0.1, 0.15) is 32.3 Å². The average Bonchev–Trinajstić information content (AvgIpc) is 2.60. The van der Waals surface area contributed by atoms with Gasteiger partial charge in [-0.15, -0.1) is 0 Å². The molecule has 0 radical (unpaired) electrons. The summed E-state index contributed by atoms with van der Waals surface area (Å²) in [6.07, 6.45) is 4.89. The summed E-state index contributed by atoms with van der Waals surface area (Å²) in [5.74, 6) is 0.0375. The fraction of sp³-hybridized carbons (Fsp3) is 0.706. The molecule has 1 aromatic heterocycles. The fourth-order valence-corrected chi connectivity index (χ4v) is 2.93. The first-order valence-electron chi connectivity index (χ1n) is 8.69. The molecule has 1 aliphatic heterocycles. The van der Waals surface area contributed by atoms with Gasteiger partial charge >= 0.3 is 5.97 Å². The van der Waals surface area contributed by atoms with Crippen LogP contribution in [0.4, 0.5) is 5.95 Å². The zero-order valence-electron chi connectivity index (χ0n) is 15.0. The Morgan fingerprint density at radius 2 is 1.79 bits per heavy atom. The van der Waals surface area contributed by atoms with E-state index in [0.717, 1.165) is 37.7 Å². The van der Waals surface area contributed by atoms with Gasteiger partial charge in [-0.2, -0.15) is 0 Å². The molecule has 1 fully saturated rings. The summed E-state index contributed by atoms with van der Waals surface area (Å²) in [5.41, 5.74) is 0.278. The second-order valence-corrected chi connectivity index (χ2v) is 6.58. The van der Waals surface area contributed by atoms with Crippen molar-refractivity contribution in [1.29, 1.82) is 0 Å². The number of piperazine rings is 1. The molecule has 2 rings (SSSR count). The molecule has 2 N–H and O–H groups in total. The van der Waals surface area contributed by atoms with E-state index < -0.39 is 11.4 Å². The zero-order valence-corrected chi connectivity index (χ0v) is 15.0. The Labute approximate surface area is 144 Å². The predicted octanol–water partition coefficient (Wildman–Crippen LogP) is 1.21. The van der Waals surface area contributed by atoms with E-state index in [1.54, 1.807) is 0 Å². The third-order valence-corrected chi connectivity index (χ3v) is 5.08. The second-order valence-electron chi connectivity index (χ2n) is 6.58. The Morgan fingerprint density at radius 1 is 1.21 bits per heavy atom. The number of anilines is 1. The number of nitrogens with zero attached hydrogens (tertiary/aromatic N) is 4. The third kappa shape index (κ3) is 4.42. The van der Waals surface area contributed by atoms with Crippen molar-refractivity contribution in [3.63, 3.8) is 0 Å². The Balaban J connectivity index is 1.87. The quantitative estimate of drug-likeness (QED) is 0.739. The van der Waals surface area contributed by atoms with Crippen LogP contribution in [0, 0.1) is 5.41 Å². The largest absolute Gasteiger partial charge is 0.481 e. The molecule has 134 valence electrons. The molecule has 24 heavy (non-hydrogen) atoms. The Kier molecular flexibility index (Phi) is 6.51. The third-order valence-electron chi connectivity index (χ3n) is 5.08. The van der Waals surface area contributed by atoms with Crippen molar-refractivity contribution in [3.05, 3.63) is 18.0 Å². The van der Waals surface area contributed by atoms with Crippen LogP contribution in [0.3, 0.4) is 0 Å². The molecule has 0 saturated carbocycles. The van der Waals surface area contributed by atoms with E-state index in [2.05, 4.69) is 32.1 Å². The van der Waals surface area contributed by atoms with E-state index in [1.807, 2.05) is 26.2 Å². The average molecular weight is 335 g/mol. The molecule has 1 aromatic rings. The first-order valence-corrected chi connectivity index (χ1v) is 8.69. The molecule has 0 atom stereocenters. The van der Waals surface area contributed by atoms with Crippen molar-refractivity contribution in [2.24, 2.45) is 5.41 Å². The van der Waals surface area contributed by atoms with E-state index in [-0.39, 0.29) is 0 Å². The van der Waals surface area contributed by atoms with Crippen LogP contribution in [-0.2, 0) is 11.3 Å². The normalized spacial score (nSPS) is 16.4. The van der Waals surface area contributed by atoms with Crippen LogP contribution in [-0.4, -0.2) is 65.7 Å². The minimum absolute atomic E-state index is 0.454. The molecular formula is C17H29N5O2. The molecule has 0 spiro atoms. The monoisotopic (exact) mass is 335 g/mol. The summed E-state index contributed by atoms with van der Waals surface area (Å²) in [4.78, 5) is 24.9. The molecule has 0 aliphatic carbocycles. The molecule has 7 nitrogen and oxygen atoms in total. The lowest BCUT2D eigenvalue weighted by atomic mass is 9.82. The van der Waals surface area contributed by atoms with Crippen LogP contribution in [0.2, 0.25) is 0 Å². The lowest BCUT2D eigenvalue weighted by Gasteiger charge is -2.32. The van der Waals surface area contributed by atoms with Gasteiger partial charge in [0, 0.05) is 57.2 Å². The number of nitrogens with one attached hydrogen (secondary N) is 1. The zero-order chi connectivity index (χ0) is 17.6. The highest BCUT2D eigenvalue weighted by atomic mass is 16.4. The number of hydrogen-bond acceptors (Lipinski definition) is 6. The van der Waals surface area contributed by atoms with Crippen molar-refractivity contribution >= 4 is 11.9 Å². The van der Waals surface area contributed by atoms with Gasteiger partial charge in [0.2, 0.25) is 5.95 Å². The van der Waals surface area contributed by atoms with Crippen molar-refractivity contribution in [1.82, 2.24) is 20.2 Å². The number of carboxylic acid groups (broad SMARTS) is 1. The second kappa shape index (κ2) is 8.39. The maximum atomic E-state index is 11.5. The molecule has 2 heterocycles. The highest BCUT2D eigenvalue weighted by molar-refractivity contribution is 5.74. The fourth-order valence-electron chi connectivity index (χ4n) is 2.93. The topological polar surface area (TPSA) is 81.6 Å². The van der Waals surface area contributed by atoms with Crippen molar-refractivity contribution < 1.29 is 9.90 Å².